The van der Waals surface area contributed by atoms with Gasteiger partial charge in [-0.3, -0.25) is 4.79 Å². The van der Waals surface area contributed by atoms with Crippen molar-refractivity contribution in [1.82, 2.24) is 0 Å². The number of hydrogen-bond donors (Lipinski definition) is 1. The highest BCUT2D eigenvalue weighted by Crippen LogP contribution is 2.34. The smallest absolute Gasteiger partial charge is 0.195 e. The second-order valence-corrected chi connectivity index (χ2v) is 3.10. The normalized spacial score (nSPS) is 10.1. The van der Waals surface area contributed by atoms with Crippen molar-refractivity contribution in [2.45, 2.75) is 0 Å². The molecule has 0 unspecified atom stereocenters. The summed E-state index contributed by atoms with van der Waals surface area (Å²) in [7, 11) is 0. The van der Waals surface area contributed by atoms with E-state index in [4.69, 9.17) is 23.2 Å². The summed E-state index contributed by atoms with van der Waals surface area (Å²) in [5.41, 5.74) is -0.0638. The van der Waals surface area contributed by atoms with Gasteiger partial charge in [-0.05, 0) is 12.1 Å². The Morgan fingerprint density at radius 3 is 2.62 bits per heavy atom. The Morgan fingerprint density at radius 1 is 1.46 bits per heavy atom. The van der Waals surface area contributed by atoms with E-state index in [1.165, 1.54) is 12.1 Å². The molecule has 0 aliphatic rings. The van der Waals surface area contributed by atoms with Crippen molar-refractivity contribution in [2.24, 2.45) is 0 Å². The molecule has 0 fully saturated rings. The number of aromatic hydroxyl groups is 1. The lowest BCUT2D eigenvalue weighted by Crippen LogP contribution is -2.01. The minimum absolute atomic E-state index is 0.0282. The van der Waals surface area contributed by atoms with Gasteiger partial charge in [-0.2, -0.15) is 0 Å². The number of phenols is 1. The predicted octanol–water partition coefficient (Wildman–Crippen LogP) is 2.85. The van der Waals surface area contributed by atoms with Crippen LogP contribution in [0.2, 0.25) is 10.0 Å². The quantitative estimate of drug-likeness (QED) is 0.782. The largest absolute Gasteiger partial charge is 0.505 e. The number of benzene rings is 1. The molecule has 1 rings (SSSR count). The van der Waals surface area contributed by atoms with Crippen LogP contribution >= 0.6 is 23.2 Å². The zero-order valence-electron chi connectivity index (χ0n) is 6.35. The van der Waals surface area contributed by atoms with E-state index in [-0.39, 0.29) is 15.6 Å². The van der Waals surface area contributed by atoms with E-state index < -0.39 is 18.2 Å². The molecule has 1 aromatic rings. The maximum absolute atomic E-state index is 12.0. The van der Waals surface area contributed by atoms with E-state index in [1.54, 1.807) is 0 Å². The lowest BCUT2D eigenvalue weighted by atomic mass is 10.1. The topological polar surface area (TPSA) is 37.3 Å². The maximum Gasteiger partial charge on any atom is 0.195 e. The molecule has 0 saturated carbocycles. The Morgan fingerprint density at radius 2 is 2.08 bits per heavy atom. The molecule has 2 nitrogen and oxygen atoms in total. The van der Waals surface area contributed by atoms with Crippen LogP contribution in [0, 0.1) is 0 Å². The second kappa shape index (κ2) is 3.94. The highest BCUT2D eigenvalue weighted by molar-refractivity contribution is 6.39. The second-order valence-electron chi connectivity index (χ2n) is 2.31. The third kappa shape index (κ3) is 1.92. The van der Waals surface area contributed by atoms with Gasteiger partial charge in [-0.25, -0.2) is 4.39 Å². The summed E-state index contributed by atoms with van der Waals surface area (Å²) >= 11 is 11.0. The van der Waals surface area contributed by atoms with E-state index in [2.05, 4.69) is 0 Å². The molecule has 70 valence electrons. The summed E-state index contributed by atoms with van der Waals surface area (Å²) < 4.78 is 12.0. The number of alkyl halides is 1. The van der Waals surface area contributed by atoms with Crippen molar-refractivity contribution in [2.75, 3.05) is 6.67 Å². The van der Waals surface area contributed by atoms with Crippen LogP contribution in [-0.2, 0) is 0 Å². The van der Waals surface area contributed by atoms with E-state index in [0.717, 1.165) is 0 Å². The van der Waals surface area contributed by atoms with Gasteiger partial charge in [0.2, 0.25) is 0 Å². The average molecular weight is 223 g/mol. The summed E-state index contributed by atoms with van der Waals surface area (Å²) in [6.07, 6.45) is 0. The predicted molar refractivity (Wildman–Crippen MR) is 48.4 cm³/mol. The Balaban J connectivity index is 3.26. The molecule has 0 aliphatic heterocycles. The van der Waals surface area contributed by atoms with Crippen LogP contribution in [0.15, 0.2) is 12.1 Å². The lowest BCUT2D eigenvalue weighted by molar-refractivity contribution is 0.0958. The van der Waals surface area contributed by atoms with Gasteiger partial charge in [0.25, 0.3) is 0 Å². The molecule has 0 bridgehead atoms. The molecule has 0 aromatic heterocycles. The van der Waals surface area contributed by atoms with Gasteiger partial charge >= 0.3 is 0 Å². The number of carbonyl (C=O) groups excluding carboxylic acids is 1. The number of halogens is 3. The molecule has 0 atom stereocenters. The van der Waals surface area contributed by atoms with Crippen LogP contribution in [-0.4, -0.2) is 17.6 Å². The van der Waals surface area contributed by atoms with Crippen LogP contribution in [0.3, 0.4) is 0 Å². The fourth-order valence-corrected chi connectivity index (χ4v) is 1.30. The van der Waals surface area contributed by atoms with Crippen LogP contribution in [0.25, 0.3) is 0 Å². The zero-order chi connectivity index (χ0) is 10.0. The monoisotopic (exact) mass is 222 g/mol. The Kier molecular flexibility index (Phi) is 3.12. The summed E-state index contributed by atoms with van der Waals surface area (Å²) in [6.45, 7) is -1.15. The van der Waals surface area contributed by atoms with E-state index in [9.17, 15) is 14.3 Å². The van der Waals surface area contributed by atoms with E-state index in [0.29, 0.717) is 0 Å². The molecule has 0 aliphatic carbocycles. The lowest BCUT2D eigenvalue weighted by Gasteiger charge is -2.03. The Hall–Kier alpha value is -0.800. The van der Waals surface area contributed by atoms with Crippen molar-refractivity contribution in [3.05, 3.63) is 27.7 Å². The number of phenolic OH excluding ortho intramolecular Hbond substituents is 1. The molecule has 1 aromatic carbocycles. The van der Waals surface area contributed by atoms with Gasteiger partial charge in [-0.1, -0.05) is 23.2 Å². The summed E-state index contributed by atoms with van der Waals surface area (Å²) in [5.74, 6) is -1.18. The molecule has 0 radical (unpaired) electrons. The first-order chi connectivity index (χ1) is 6.07. The molecular weight excluding hydrogens is 218 g/mol. The molecule has 0 amide bonds. The fourth-order valence-electron chi connectivity index (χ4n) is 0.828. The van der Waals surface area contributed by atoms with Crippen LogP contribution < -0.4 is 0 Å². The summed E-state index contributed by atoms with van der Waals surface area (Å²) in [6, 6.07) is 2.55. The Bertz CT molecular complexity index is 352. The van der Waals surface area contributed by atoms with Crippen molar-refractivity contribution < 1.29 is 14.3 Å². The van der Waals surface area contributed by atoms with E-state index >= 15 is 0 Å². The van der Waals surface area contributed by atoms with Crippen LogP contribution in [0.5, 0.6) is 5.75 Å². The number of hydrogen-bond acceptors (Lipinski definition) is 2. The number of Topliss-reactive ketones (excluding diaryl/α,β-unsaturated/α-hetero) is 1. The average Bonchev–Trinajstić information content (AvgIpc) is 2.13. The molecule has 5 heteroatoms. The minimum Gasteiger partial charge on any atom is -0.505 e. The fraction of sp³-hybridized carbons (Fsp3) is 0.125. The molecule has 0 spiro atoms. The minimum atomic E-state index is -1.15. The first kappa shape index (κ1) is 10.3. The number of carbonyl (C=O) groups is 1. The van der Waals surface area contributed by atoms with E-state index in [1.807, 2.05) is 0 Å². The summed E-state index contributed by atoms with van der Waals surface area (Å²) in [5, 5.41) is 9.01. The number of ketones is 1. The van der Waals surface area contributed by atoms with Gasteiger partial charge in [-0.15, -0.1) is 0 Å². The van der Waals surface area contributed by atoms with Crippen molar-refractivity contribution in [3.63, 3.8) is 0 Å². The van der Waals surface area contributed by atoms with Gasteiger partial charge in [0.15, 0.2) is 18.2 Å². The molecule has 0 saturated heterocycles. The standard InChI is InChI=1S/C8H5Cl2FO2/c9-5-2-1-4(6(12)3-11)7(10)8(5)13/h1-2,13H,3H2. The van der Waals surface area contributed by atoms with Crippen LogP contribution in [0.4, 0.5) is 4.39 Å². The summed E-state index contributed by atoms with van der Waals surface area (Å²) in [4.78, 5) is 10.9. The Labute approximate surface area is 83.9 Å². The molecule has 0 heterocycles. The highest BCUT2D eigenvalue weighted by atomic mass is 35.5. The van der Waals surface area contributed by atoms with Gasteiger partial charge in [0, 0.05) is 5.56 Å². The van der Waals surface area contributed by atoms with Crippen LogP contribution in [0.1, 0.15) is 10.4 Å². The van der Waals surface area contributed by atoms with Crippen molar-refractivity contribution in [1.29, 1.82) is 0 Å². The molecule has 13 heavy (non-hydrogen) atoms. The zero-order valence-corrected chi connectivity index (χ0v) is 7.86. The van der Waals surface area contributed by atoms with Gasteiger partial charge < -0.3 is 5.11 Å². The van der Waals surface area contributed by atoms with Crippen molar-refractivity contribution in [3.8, 4) is 5.75 Å². The SMILES string of the molecule is O=C(CF)c1ccc(Cl)c(O)c1Cl. The first-order valence-corrected chi connectivity index (χ1v) is 4.09. The third-order valence-corrected chi connectivity index (χ3v) is 2.18. The number of rotatable bonds is 2. The molecular formula is C8H5Cl2FO2. The maximum atomic E-state index is 12.0. The third-order valence-electron chi connectivity index (χ3n) is 1.49. The van der Waals surface area contributed by atoms with Gasteiger partial charge in [0.05, 0.1) is 10.0 Å². The van der Waals surface area contributed by atoms with Crippen molar-refractivity contribution >= 4 is 29.0 Å². The van der Waals surface area contributed by atoms with Gasteiger partial charge in [0.1, 0.15) is 0 Å². The molecule has 1 N–H and O–H groups in total. The first-order valence-electron chi connectivity index (χ1n) is 3.34. The highest BCUT2D eigenvalue weighted by Gasteiger charge is 2.14.